The second-order valence-corrected chi connectivity index (χ2v) is 7.83. The van der Waals surface area contributed by atoms with Crippen LogP contribution in [-0.4, -0.2) is 52.5 Å². The van der Waals surface area contributed by atoms with E-state index in [1.165, 1.54) is 5.56 Å². The number of carboxylic acids is 1. The van der Waals surface area contributed by atoms with E-state index in [0.717, 1.165) is 51.7 Å². The monoisotopic (exact) mass is 358 g/mol. The first-order valence-corrected chi connectivity index (χ1v) is 9.80. The molecule has 1 N–H and O–H groups in total. The minimum absolute atomic E-state index is 0.0219. The molecule has 5 heteroatoms. The Kier molecular flexibility index (Phi) is 5.97. The topological polar surface area (TPSA) is 60.9 Å². The summed E-state index contributed by atoms with van der Waals surface area (Å²) in [5.74, 6) is -0.867. The van der Waals surface area contributed by atoms with E-state index in [4.69, 9.17) is 0 Å². The number of nitrogens with zero attached hydrogens (tertiary/aromatic N) is 2. The number of likely N-dealkylation sites (tertiary alicyclic amines) is 1. The van der Waals surface area contributed by atoms with Gasteiger partial charge < -0.3 is 10.0 Å². The number of amides is 1. The Labute approximate surface area is 156 Å². The van der Waals surface area contributed by atoms with E-state index in [0.29, 0.717) is 12.8 Å². The lowest BCUT2D eigenvalue weighted by molar-refractivity contribution is -0.162. The average molecular weight is 358 g/mol. The maximum atomic E-state index is 13.0. The van der Waals surface area contributed by atoms with Gasteiger partial charge in [-0.05, 0) is 44.3 Å². The van der Waals surface area contributed by atoms with Gasteiger partial charge in [0, 0.05) is 19.5 Å². The number of hydrogen-bond donors (Lipinski definition) is 1. The lowest BCUT2D eigenvalue weighted by atomic mass is 9.79. The van der Waals surface area contributed by atoms with Crippen molar-refractivity contribution in [2.45, 2.75) is 57.0 Å². The summed E-state index contributed by atoms with van der Waals surface area (Å²) in [5.41, 5.74) is 0.303. The molecule has 0 atom stereocenters. The predicted octanol–water partition coefficient (Wildman–Crippen LogP) is 3.14. The number of carboxylic acid groups (broad SMARTS) is 1. The van der Waals surface area contributed by atoms with Crippen molar-refractivity contribution in [1.29, 1.82) is 0 Å². The van der Waals surface area contributed by atoms with Crippen molar-refractivity contribution >= 4 is 11.9 Å². The van der Waals surface area contributed by atoms with E-state index >= 15 is 0 Å². The van der Waals surface area contributed by atoms with Crippen LogP contribution in [-0.2, 0) is 16.1 Å². The molecule has 1 saturated carbocycles. The summed E-state index contributed by atoms with van der Waals surface area (Å²) in [7, 11) is 1.71. The van der Waals surface area contributed by atoms with Crippen molar-refractivity contribution in [2.24, 2.45) is 5.92 Å². The molecule has 0 unspecified atom stereocenters. The molecule has 1 aliphatic heterocycles. The van der Waals surface area contributed by atoms with E-state index in [2.05, 4.69) is 29.2 Å². The highest BCUT2D eigenvalue weighted by molar-refractivity contribution is 5.88. The Hall–Kier alpha value is -1.88. The van der Waals surface area contributed by atoms with E-state index < -0.39 is 11.5 Å². The highest BCUT2D eigenvalue weighted by atomic mass is 16.4. The van der Waals surface area contributed by atoms with Crippen LogP contribution in [0, 0.1) is 5.92 Å². The summed E-state index contributed by atoms with van der Waals surface area (Å²) < 4.78 is 0. The van der Waals surface area contributed by atoms with Gasteiger partial charge in [-0.2, -0.15) is 0 Å². The van der Waals surface area contributed by atoms with Gasteiger partial charge in [0.05, 0.1) is 0 Å². The molecule has 5 nitrogen and oxygen atoms in total. The van der Waals surface area contributed by atoms with E-state index in [1.807, 2.05) is 6.07 Å². The molecule has 0 radical (unpaired) electrons. The smallest absolute Gasteiger partial charge is 0.329 e. The Balaban J connectivity index is 1.58. The summed E-state index contributed by atoms with van der Waals surface area (Å²) >= 11 is 0. The highest BCUT2D eigenvalue weighted by Gasteiger charge is 2.46. The Morgan fingerprint density at radius 1 is 1.12 bits per heavy atom. The summed E-state index contributed by atoms with van der Waals surface area (Å²) in [6.07, 6.45) is 5.63. The van der Waals surface area contributed by atoms with Gasteiger partial charge in [-0.15, -0.1) is 0 Å². The molecule has 1 aromatic rings. The van der Waals surface area contributed by atoms with Crippen molar-refractivity contribution in [3.8, 4) is 0 Å². The van der Waals surface area contributed by atoms with Crippen LogP contribution in [0.5, 0.6) is 0 Å². The van der Waals surface area contributed by atoms with E-state index in [9.17, 15) is 14.7 Å². The molecular weight excluding hydrogens is 328 g/mol. The summed E-state index contributed by atoms with van der Waals surface area (Å²) in [5, 5.41) is 9.81. The van der Waals surface area contributed by atoms with Crippen LogP contribution in [0.2, 0.25) is 0 Å². The molecule has 2 fully saturated rings. The molecule has 142 valence electrons. The SMILES string of the molecule is CN(C(=O)C1CCN(Cc2ccccc2)CC1)C1(C(=O)O)CCCCC1. The van der Waals surface area contributed by atoms with Crippen LogP contribution in [0.25, 0.3) is 0 Å². The average Bonchev–Trinajstić information content (AvgIpc) is 2.68. The molecular formula is C21H30N2O3. The summed E-state index contributed by atoms with van der Waals surface area (Å²) in [6, 6.07) is 10.4. The molecule has 0 aromatic heterocycles. The summed E-state index contributed by atoms with van der Waals surface area (Å²) in [4.78, 5) is 28.9. The number of aliphatic carboxylic acids is 1. The van der Waals surface area contributed by atoms with Gasteiger partial charge in [0.15, 0.2) is 0 Å². The second kappa shape index (κ2) is 8.21. The van der Waals surface area contributed by atoms with Crippen LogP contribution in [0.1, 0.15) is 50.5 Å². The number of carbonyl (C=O) groups excluding carboxylic acids is 1. The fourth-order valence-electron chi connectivity index (χ4n) is 4.49. The second-order valence-electron chi connectivity index (χ2n) is 7.83. The molecule has 1 amide bonds. The van der Waals surface area contributed by atoms with Crippen LogP contribution >= 0.6 is 0 Å². The zero-order valence-corrected chi connectivity index (χ0v) is 15.7. The van der Waals surface area contributed by atoms with Crippen LogP contribution in [0.15, 0.2) is 30.3 Å². The van der Waals surface area contributed by atoms with Gasteiger partial charge >= 0.3 is 5.97 Å². The predicted molar refractivity (Wildman–Crippen MR) is 101 cm³/mol. The quantitative estimate of drug-likeness (QED) is 0.878. The van der Waals surface area contributed by atoms with Gasteiger partial charge in [0.1, 0.15) is 5.54 Å². The van der Waals surface area contributed by atoms with Crippen molar-refractivity contribution in [3.05, 3.63) is 35.9 Å². The molecule has 2 aliphatic rings. The maximum Gasteiger partial charge on any atom is 0.329 e. The van der Waals surface area contributed by atoms with Crippen LogP contribution < -0.4 is 0 Å². The maximum absolute atomic E-state index is 13.0. The van der Waals surface area contributed by atoms with Gasteiger partial charge in [0.2, 0.25) is 5.91 Å². The number of likely N-dealkylation sites (N-methyl/N-ethyl adjacent to an activating group) is 1. The first-order valence-electron chi connectivity index (χ1n) is 9.80. The molecule has 1 heterocycles. The lowest BCUT2D eigenvalue weighted by Crippen LogP contribution is -2.58. The zero-order valence-electron chi connectivity index (χ0n) is 15.7. The number of benzene rings is 1. The molecule has 0 spiro atoms. The molecule has 1 aliphatic carbocycles. The van der Waals surface area contributed by atoms with Crippen LogP contribution in [0.3, 0.4) is 0 Å². The third-order valence-electron chi connectivity index (χ3n) is 6.24. The van der Waals surface area contributed by atoms with Crippen molar-refractivity contribution < 1.29 is 14.7 Å². The Morgan fingerprint density at radius 2 is 1.73 bits per heavy atom. The third kappa shape index (κ3) is 3.93. The summed E-state index contributed by atoms with van der Waals surface area (Å²) in [6.45, 7) is 2.69. The lowest BCUT2D eigenvalue weighted by Gasteiger charge is -2.43. The fourth-order valence-corrected chi connectivity index (χ4v) is 4.49. The third-order valence-corrected chi connectivity index (χ3v) is 6.24. The van der Waals surface area contributed by atoms with Crippen molar-refractivity contribution in [1.82, 2.24) is 9.80 Å². The van der Waals surface area contributed by atoms with Gasteiger partial charge in [-0.3, -0.25) is 9.69 Å². The number of hydrogen-bond acceptors (Lipinski definition) is 3. The minimum Gasteiger partial charge on any atom is -0.479 e. The van der Waals surface area contributed by atoms with Crippen molar-refractivity contribution in [3.63, 3.8) is 0 Å². The normalized spacial score (nSPS) is 21.3. The Morgan fingerprint density at radius 3 is 2.31 bits per heavy atom. The molecule has 26 heavy (non-hydrogen) atoms. The Bertz CT molecular complexity index is 617. The first-order chi connectivity index (χ1) is 12.5. The van der Waals surface area contributed by atoms with Crippen LogP contribution in [0.4, 0.5) is 0 Å². The molecule has 1 saturated heterocycles. The first kappa shape index (κ1) is 18.9. The largest absolute Gasteiger partial charge is 0.479 e. The minimum atomic E-state index is -0.990. The molecule has 0 bridgehead atoms. The fraction of sp³-hybridized carbons (Fsp3) is 0.619. The molecule has 3 rings (SSSR count). The standard InChI is InChI=1S/C21H30N2O3/c1-22(21(20(25)26)12-6-3-7-13-21)19(24)18-10-14-23(15-11-18)16-17-8-4-2-5-9-17/h2,4-5,8-9,18H,3,6-7,10-16H2,1H3,(H,25,26). The van der Waals surface area contributed by atoms with Gasteiger partial charge in [0.25, 0.3) is 0 Å². The van der Waals surface area contributed by atoms with Gasteiger partial charge in [-0.1, -0.05) is 49.6 Å². The van der Waals surface area contributed by atoms with Gasteiger partial charge in [-0.25, -0.2) is 4.79 Å². The number of carbonyl (C=O) groups is 2. The van der Waals surface area contributed by atoms with E-state index in [1.54, 1.807) is 11.9 Å². The van der Waals surface area contributed by atoms with E-state index in [-0.39, 0.29) is 11.8 Å². The van der Waals surface area contributed by atoms with Crippen molar-refractivity contribution in [2.75, 3.05) is 20.1 Å². The zero-order chi connectivity index (χ0) is 18.6. The molecule has 1 aromatic carbocycles. The number of piperidine rings is 1. The number of rotatable bonds is 5. The highest BCUT2D eigenvalue weighted by Crippen LogP contribution is 2.35.